The molecule has 1 aromatic heterocycles. The molecule has 1 heterocycles. The number of nitrogens with zero attached hydrogens (tertiary/aromatic N) is 2. The van der Waals surface area contributed by atoms with E-state index >= 15 is 0 Å². The number of thiol groups is 1. The first kappa shape index (κ1) is 12.6. The molecule has 15 heavy (non-hydrogen) atoms. The zero-order valence-corrected chi connectivity index (χ0v) is 11.3. The van der Waals surface area contributed by atoms with Crippen LogP contribution in [0.25, 0.3) is 0 Å². The van der Waals surface area contributed by atoms with Crippen LogP contribution in [0.3, 0.4) is 0 Å². The first-order chi connectivity index (χ1) is 6.86. The zero-order chi connectivity index (χ0) is 11.6. The summed E-state index contributed by atoms with van der Waals surface area (Å²) in [7, 11) is 0. The highest BCUT2D eigenvalue weighted by Gasteiger charge is 2.24. The topological polar surface area (TPSA) is 17.8 Å². The van der Waals surface area contributed by atoms with Crippen LogP contribution in [0.1, 0.15) is 32.2 Å². The van der Waals surface area contributed by atoms with Crippen molar-refractivity contribution in [2.24, 2.45) is 11.3 Å². The number of aryl methyl sites for hydroxylation is 1. The molecule has 1 aromatic rings. The molecule has 2 nitrogen and oxygen atoms in total. The minimum absolute atomic E-state index is 0.298. The van der Waals surface area contributed by atoms with E-state index in [4.69, 9.17) is 0 Å². The Hall–Kier alpha value is -0.440. The highest BCUT2D eigenvalue weighted by atomic mass is 32.1. The molecule has 0 bridgehead atoms. The molecule has 0 saturated carbocycles. The molecular formula is C12H22N2S. The van der Waals surface area contributed by atoms with Gasteiger partial charge in [-0.25, -0.2) is 4.98 Å². The van der Waals surface area contributed by atoms with Crippen LogP contribution in [0.2, 0.25) is 0 Å². The lowest BCUT2D eigenvalue weighted by Gasteiger charge is -2.30. The van der Waals surface area contributed by atoms with Crippen molar-refractivity contribution in [2.75, 3.05) is 5.75 Å². The summed E-state index contributed by atoms with van der Waals surface area (Å²) < 4.78 is 2.24. The molecule has 0 aromatic carbocycles. The van der Waals surface area contributed by atoms with Crippen LogP contribution in [-0.2, 0) is 6.54 Å². The Labute approximate surface area is 98.5 Å². The second-order valence-corrected chi connectivity index (χ2v) is 5.68. The first-order valence-corrected chi connectivity index (χ1v) is 6.08. The third kappa shape index (κ3) is 3.00. The average Bonchev–Trinajstić information content (AvgIpc) is 2.43. The van der Waals surface area contributed by atoms with E-state index in [0.29, 0.717) is 11.3 Å². The van der Waals surface area contributed by atoms with Gasteiger partial charge in [-0.05, 0) is 30.9 Å². The fourth-order valence-corrected chi connectivity index (χ4v) is 2.23. The Morgan fingerprint density at radius 1 is 1.40 bits per heavy atom. The van der Waals surface area contributed by atoms with Crippen LogP contribution in [0.5, 0.6) is 0 Å². The fraction of sp³-hybridized carbons (Fsp3) is 0.750. The molecule has 0 amide bonds. The normalized spacial score (nSPS) is 14.3. The predicted molar refractivity (Wildman–Crippen MR) is 68.5 cm³/mol. The molecule has 3 heteroatoms. The Morgan fingerprint density at radius 2 is 2.00 bits per heavy atom. The van der Waals surface area contributed by atoms with Crippen LogP contribution in [0.15, 0.2) is 6.33 Å². The third-order valence-corrected chi connectivity index (χ3v) is 3.65. The molecule has 1 unspecified atom stereocenters. The number of rotatable bonds is 3. The number of hydrogen-bond donors (Lipinski definition) is 1. The van der Waals surface area contributed by atoms with Gasteiger partial charge in [-0.15, -0.1) is 0 Å². The van der Waals surface area contributed by atoms with Gasteiger partial charge in [0.2, 0.25) is 0 Å². The Bertz CT molecular complexity index is 323. The van der Waals surface area contributed by atoms with Gasteiger partial charge < -0.3 is 4.57 Å². The van der Waals surface area contributed by atoms with Gasteiger partial charge in [-0.3, -0.25) is 0 Å². The lowest BCUT2D eigenvalue weighted by atomic mass is 9.82. The highest BCUT2D eigenvalue weighted by molar-refractivity contribution is 7.80. The minimum Gasteiger partial charge on any atom is -0.334 e. The lowest BCUT2D eigenvalue weighted by Crippen LogP contribution is -2.27. The molecule has 0 aliphatic rings. The van der Waals surface area contributed by atoms with Crippen molar-refractivity contribution in [3.05, 3.63) is 17.7 Å². The molecule has 1 rings (SSSR count). The third-order valence-electron chi connectivity index (χ3n) is 3.21. The summed E-state index contributed by atoms with van der Waals surface area (Å²) in [4.78, 5) is 4.32. The Kier molecular flexibility index (Phi) is 3.87. The maximum atomic E-state index is 4.45. The van der Waals surface area contributed by atoms with Crippen molar-refractivity contribution in [3.8, 4) is 0 Å². The summed E-state index contributed by atoms with van der Waals surface area (Å²) in [5.41, 5.74) is 2.69. The second-order valence-electron chi connectivity index (χ2n) is 5.31. The number of hydrogen-bond acceptors (Lipinski definition) is 2. The average molecular weight is 226 g/mol. The minimum atomic E-state index is 0.298. The molecular weight excluding hydrogens is 204 g/mol. The molecule has 0 fully saturated rings. The summed E-state index contributed by atoms with van der Waals surface area (Å²) >= 11 is 4.45. The molecule has 0 aliphatic carbocycles. The molecule has 0 spiro atoms. The lowest BCUT2D eigenvalue weighted by molar-refractivity contribution is 0.237. The summed E-state index contributed by atoms with van der Waals surface area (Å²) in [6, 6.07) is 0. The van der Waals surface area contributed by atoms with Gasteiger partial charge in [0, 0.05) is 12.2 Å². The van der Waals surface area contributed by atoms with Crippen LogP contribution in [0, 0.1) is 25.2 Å². The molecule has 1 atom stereocenters. The quantitative estimate of drug-likeness (QED) is 0.784. The van der Waals surface area contributed by atoms with E-state index in [0.717, 1.165) is 18.0 Å². The maximum absolute atomic E-state index is 4.45. The van der Waals surface area contributed by atoms with E-state index in [-0.39, 0.29) is 0 Å². The summed E-state index contributed by atoms with van der Waals surface area (Å²) in [5.74, 6) is 1.49. The number of aromatic nitrogens is 2. The molecule has 0 aliphatic heterocycles. The monoisotopic (exact) mass is 226 g/mol. The smallest absolute Gasteiger partial charge is 0.0951 e. The van der Waals surface area contributed by atoms with Gasteiger partial charge in [0.1, 0.15) is 0 Å². The number of imidazole rings is 1. The first-order valence-electron chi connectivity index (χ1n) is 5.45. The predicted octanol–water partition coefficient (Wildman–Crippen LogP) is 3.09. The largest absolute Gasteiger partial charge is 0.334 e. The summed E-state index contributed by atoms with van der Waals surface area (Å²) in [5, 5.41) is 0. The molecule has 86 valence electrons. The van der Waals surface area contributed by atoms with E-state index < -0.39 is 0 Å². The Morgan fingerprint density at radius 3 is 2.33 bits per heavy atom. The van der Waals surface area contributed by atoms with E-state index in [1.54, 1.807) is 0 Å². The van der Waals surface area contributed by atoms with Gasteiger partial charge >= 0.3 is 0 Å². The zero-order valence-electron chi connectivity index (χ0n) is 10.4. The molecule has 0 radical (unpaired) electrons. The summed E-state index contributed by atoms with van der Waals surface area (Å²) in [6.45, 7) is 12.0. The van der Waals surface area contributed by atoms with Gasteiger partial charge in [0.05, 0.1) is 12.0 Å². The van der Waals surface area contributed by atoms with Crippen LogP contribution >= 0.6 is 12.6 Å². The van der Waals surface area contributed by atoms with Crippen molar-refractivity contribution in [1.29, 1.82) is 0 Å². The van der Waals surface area contributed by atoms with Gasteiger partial charge in [0.25, 0.3) is 0 Å². The van der Waals surface area contributed by atoms with E-state index in [1.165, 1.54) is 5.69 Å². The van der Waals surface area contributed by atoms with Crippen molar-refractivity contribution >= 4 is 12.6 Å². The van der Waals surface area contributed by atoms with Crippen LogP contribution < -0.4 is 0 Å². The molecule has 0 saturated heterocycles. The molecule has 0 N–H and O–H groups in total. The van der Waals surface area contributed by atoms with Gasteiger partial charge in [-0.1, -0.05) is 20.8 Å². The highest BCUT2D eigenvalue weighted by Crippen LogP contribution is 2.28. The van der Waals surface area contributed by atoms with Crippen molar-refractivity contribution in [2.45, 2.75) is 41.2 Å². The Balaban J connectivity index is 2.80. The van der Waals surface area contributed by atoms with Gasteiger partial charge in [0.15, 0.2) is 0 Å². The van der Waals surface area contributed by atoms with Gasteiger partial charge in [-0.2, -0.15) is 12.6 Å². The standard InChI is InChI=1S/C12H22N2S/c1-9-10(2)14(8-13-9)6-11(7-15)12(3,4)5/h8,11,15H,6-7H2,1-5H3. The fourth-order valence-electron chi connectivity index (χ4n) is 1.57. The van der Waals surface area contributed by atoms with Crippen molar-refractivity contribution < 1.29 is 0 Å². The van der Waals surface area contributed by atoms with Crippen LogP contribution in [0.4, 0.5) is 0 Å². The van der Waals surface area contributed by atoms with Crippen molar-refractivity contribution in [3.63, 3.8) is 0 Å². The van der Waals surface area contributed by atoms with E-state index in [2.05, 4.69) is 56.8 Å². The second kappa shape index (κ2) is 4.60. The van der Waals surface area contributed by atoms with Crippen LogP contribution in [-0.4, -0.2) is 15.3 Å². The van der Waals surface area contributed by atoms with E-state index in [9.17, 15) is 0 Å². The SMILES string of the molecule is Cc1ncn(CC(CS)C(C)(C)C)c1C. The maximum Gasteiger partial charge on any atom is 0.0951 e. The summed E-state index contributed by atoms with van der Waals surface area (Å²) in [6.07, 6.45) is 1.94. The van der Waals surface area contributed by atoms with E-state index in [1.807, 2.05) is 6.33 Å². The van der Waals surface area contributed by atoms with Crippen molar-refractivity contribution in [1.82, 2.24) is 9.55 Å².